The van der Waals surface area contributed by atoms with Gasteiger partial charge in [-0.1, -0.05) is 6.92 Å². The molecule has 0 aliphatic carbocycles. The van der Waals surface area contributed by atoms with Gasteiger partial charge in [0.25, 0.3) is 10.2 Å². The lowest BCUT2D eigenvalue weighted by atomic mass is 10.0. The Hall–Kier alpha value is -0.170. The predicted octanol–water partition coefficient (Wildman–Crippen LogP) is -0.228. The molecule has 1 fully saturated rings. The Morgan fingerprint density at radius 3 is 2.40 bits per heavy atom. The summed E-state index contributed by atoms with van der Waals surface area (Å²) in [4.78, 5) is 0. The van der Waals surface area contributed by atoms with Gasteiger partial charge in [-0.05, 0) is 25.8 Å². The molecule has 1 aliphatic rings. The van der Waals surface area contributed by atoms with Crippen LogP contribution in [0.5, 0.6) is 0 Å². The Morgan fingerprint density at radius 1 is 1.27 bits per heavy atom. The molecule has 6 heteroatoms. The highest BCUT2D eigenvalue weighted by molar-refractivity contribution is 7.87. The van der Waals surface area contributed by atoms with Gasteiger partial charge < -0.3 is 5.32 Å². The van der Waals surface area contributed by atoms with E-state index in [9.17, 15) is 8.42 Å². The van der Waals surface area contributed by atoms with Gasteiger partial charge in [-0.25, -0.2) is 4.72 Å². The fourth-order valence-corrected chi connectivity index (χ4v) is 2.86. The summed E-state index contributed by atoms with van der Waals surface area (Å²) < 4.78 is 27.6. The average molecular weight is 235 g/mol. The van der Waals surface area contributed by atoms with E-state index in [1.54, 1.807) is 11.4 Å². The van der Waals surface area contributed by atoms with Crippen molar-refractivity contribution in [3.8, 4) is 0 Å². The maximum Gasteiger partial charge on any atom is 0.279 e. The molecule has 1 saturated heterocycles. The van der Waals surface area contributed by atoms with Crippen LogP contribution in [0.4, 0.5) is 0 Å². The summed E-state index contributed by atoms with van der Waals surface area (Å²) in [5.41, 5.74) is 0. The van der Waals surface area contributed by atoms with Crippen LogP contribution in [0.2, 0.25) is 0 Å². The van der Waals surface area contributed by atoms with Crippen molar-refractivity contribution in [3.05, 3.63) is 0 Å². The summed E-state index contributed by atoms with van der Waals surface area (Å²) in [6.07, 6.45) is 1.93. The molecule has 15 heavy (non-hydrogen) atoms. The van der Waals surface area contributed by atoms with Crippen molar-refractivity contribution < 1.29 is 8.42 Å². The van der Waals surface area contributed by atoms with Crippen LogP contribution in [0.1, 0.15) is 19.8 Å². The molecule has 5 nitrogen and oxygen atoms in total. The number of nitrogens with zero attached hydrogens (tertiary/aromatic N) is 1. The summed E-state index contributed by atoms with van der Waals surface area (Å²) in [5.74, 6) is 0.647. The Kier molecular flexibility index (Phi) is 4.98. The molecular weight excluding hydrogens is 214 g/mol. The zero-order valence-corrected chi connectivity index (χ0v) is 10.3. The summed E-state index contributed by atoms with van der Waals surface area (Å²) in [6.45, 7) is 4.57. The van der Waals surface area contributed by atoms with E-state index in [0.29, 0.717) is 32.1 Å². The van der Waals surface area contributed by atoms with Crippen LogP contribution >= 0.6 is 0 Å². The Bertz CT molecular complexity index is 271. The third kappa shape index (κ3) is 4.06. The zero-order chi connectivity index (χ0) is 11.3. The van der Waals surface area contributed by atoms with Crippen molar-refractivity contribution in [3.63, 3.8) is 0 Å². The van der Waals surface area contributed by atoms with Gasteiger partial charge in [-0.3, -0.25) is 0 Å². The molecule has 0 bridgehead atoms. The van der Waals surface area contributed by atoms with Crippen LogP contribution < -0.4 is 10.0 Å². The smallest absolute Gasteiger partial charge is 0.279 e. The lowest BCUT2D eigenvalue weighted by Gasteiger charge is -2.29. The van der Waals surface area contributed by atoms with E-state index in [-0.39, 0.29) is 0 Å². The van der Waals surface area contributed by atoms with Crippen LogP contribution in [0.3, 0.4) is 0 Å². The van der Waals surface area contributed by atoms with Crippen molar-refractivity contribution in [1.82, 2.24) is 14.3 Å². The molecule has 1 rings (SSSR count). The van der Waals surface area contributed by atoms with Crippen molar-refractivity contribution in [2.24, 2.45) is 5.92 Å². The first-order chi connectivity index (χ1) is 7.06. The molecule has 0 saturated carbocycles. The molecule has 2 N–H and O–H groups in total. The molecule has 0 spiro atoms. The van der Waals surface area contributed by atoms with Crippen LogP contribution in [0, 0.1) is 5.92 Å². The first-order valence-corrected chi connectivity index (χ1v) is 6.89. The largest absolute Gasteiger partial charge is 0.318 e. The van der Waals surface area contributed by atoms with Crippen molar-refractivity contribution in [2.75, 3.05) is 33.2 Å². The molecule has 1 aliphatic heterocycles. The van der Waals surface area contributed by atoms with Crippen molar-refractivity contribution in [2.45, 2.75) is 19.8 Å². The Labute approximate surface area is 92.4 Å². The molecule has 0 aromatic rings. The summed E-state index contributed by atoms with van der Waals surface area (Å²) >= 11 is 0. The van der Waals surface area contributed by atoms with E-state index in [1.165, 1.54) is 0 Å². The molecule has 0 unspecified atom stereocenters. The van der Waals surface area contributed by atoms with E-state index in [4.69, 9.17) is 0 Å². The van der Waals surface area contributed by atoms with E-state index >= 15 is 0 Å². The highest BCUT2D eigenvalue weighted by Crippen LogP contribution is 2.17. The minimum absolute atomic E-state index is 0.449. The first-order valence-electron chi connectivity index (χ1n) is 5.45. The lowest BCUT2D eigenvalue weighted by molar-refractivity contribution is 0.285. The number of nitrogens with one attached hydrogen (secondary N) is 2. The van der Waals surface area contributed by atoms with Crippen LogP contribution in [0.25, 0.3) is 0 Å². The maximum atomic E-state index is 11.8. The van der Waals surface area contributed by atoms with Gasteiger partial charge in [0, 0.05) is 26.2 Å². The monoisotopic (exact) mass is 235 g/mol. The molecule has 0 aromatic carbocycles. The fraction of sp³-hybridized carbons (Fsp3) is 1.00. The second-order valence-corrected chi connectivity index (χ2v) is 5.84. The third-order valence-corrected chi connectivity index (χ3v) is 4.36. The Morgan fingerprint density at radius 2 is 1.87 bits per heavy atom. The molecule has 90 valence electrons. The fourth-order valence-electron chi connectivity index (χ4n) is 1.62. The van der Waals surface area contributed by atoms with Gasteiger partial charge in [0.1, 0.15) is 0 Å². The van der Waals surface area contributed by atoms with Gasteiger partial charge in [0.05, 0.1) is 0 Å². The SMILES string of the molecule is CNCCNS(=O)(=O)N1CCC(C)CC1. The average Bonchev–Trinajstić information content (AvgIpc) is 2.18. The van der Waals surface area contributed by atoms with Crippen molar-refractivity contribution >= 4 is 10.2 Å². The number of hydrogen-bond donors (Lipinski definition) is 2. The second kappa shape index (κ2) is 5.79. The maximum absolute atomic E-state index is 11.8. The molecular formula is C9H21N3O2S. The number of rotatable bonds is 5. The van der Waals surface area contributed by atoms with Gasteiger partial charge in [0.15, 0.2) is 0 Å². The van der Waals surface area contributed by atoms with E-state index in [1.807, 2.05) is 0 Å². The van der Waals surface area contributed by atoms with Gasteiger partial charge >= 0.3 is 0 Å². The highest BCUT2D eigenvalue weighted by atomic mass is 32.2. The normalized spacial score (nSPS) is 20.7. The quantitative estimate of drug-likeness (QED) is 0.647. The van der Waals surface area contributed by atoms with Crippen LogP contribution in [-0.4, -0.2) is 45.9 Å². The summed E-state index contributed by atoms with van der Waals surface area (Å²) in [6, 6.07) is 0. The second-order valence-electron chi connectivity index (χ2n) is 4.08. The standard InChI is InChI=1S/C9H21N3O2S/c1-9-3-7-12(8-4-9)15(13,14)11-6-5-10-2/h9-11H,3-8H2,1-2H3. The first kappa shape index (κ1) is 12.9. The zero-order valence-electron chi connectivity index (χ0n) is 9.49. The van der Waals surface area contributed by atoms with E-state index in [0.717, 1.165) is 12.8 Å². The lowest BCUT2D eigenvalue weighted by Crippen LogP contribution is -2.46. The topological polar surface area (TPSA) is 61.4 Å². The van der Waals surface area contributed by atoms with Crippen LogP contribution in [-0.2, 0) is 10.2 Å². The minimum Gasteiger partial charge on any atom is -0.318 e. The number of piperidine rings is 1. The van der Waals surface area contributed by atoms with E-state index in [2.05, 4.69) is 17.0 Å². The molecule has 1 heterocycles. The minimum atomic E-state index is -3.24. The Balaban J connectivity index is 2.40. The summed E-state index contributed by atoms with van der Waals surface area (Å²) in [7, 11) is -1.43. The molecule has 0 amide bonds. The molecule has 0 atom stereocenters. The number of likely N-dealkylation sites (N-methyl/N-ethyl adjacent to an activating group) is 1. The van der Waals surface area contributed by atoms with Crippen molar-refractivity contribution in [1.29, 1.82) is 0 Å². The third-order valence-electron chi connectivity index (χ3n) is 2.74. The summed E-state index contributed by atoms with van der Waals surface area (Å²) in [5, 5.41) is 2.90. The number of hydrogen-bond acceptors (Lipinski definition) is 3. The van der Waals surface area contributed by atoms with Gasteiger partial charge in [0.2, 0.25) is 0 Å². The predicted molar refractivity (Wildman–Crippen MR) is 60.8 cm³/mol. The van der Waals surface area contributed by atoms with Gasteiger partial charge in [-0.2, -0.15) is 12.7 Å². The molecule has 0 radical (unpaired) electrons. The highest BCUT2D eigenvalue weighted by Gasteiger charge is 2.25. The molecule has 0 aromatic heterocycles. The van der Waals surface area contributed by atoms with Gasteiger partial charge in [-0.15, -0.1) is 0 Å². The van der Waals surface area contributed by atoms with Crippen LogP contribution in [0.15, 0.2) is 0 Å². The van der Waals surface area contributed by atoms with E-state index < -0.39 is 10.2 Å².